The number of aromatic nitrogens is 2. The number of rotatable bonds is 5. The van der Waals surface area contributed by atoms with E-state index in [1.165, 1.54) is 24.0 Å². The van der Waals surface area contributed by atoms with E-state index >= 15 is 0 Å². The van der Waals surface area contributed by atoms with E-state index in [0.717, 1.165) is 22.5 Å². The molecule has 0 fully saturated rings. The molecule has 0 aliphatic heterocycles. The van der Waals surface area contributed by atoms with Gasteiger partial charge in [-0.2, -0.15) is 5.10 Å². The lowest BCUT2D eigenvalue weighted by atomic mass is 10.2. The highest BCUT2D eigenvalue weighted by Gasteiger charge is 2.16. The van der Waals surface area contributed by atoms with E-state index < -0.39 is 0 Å². The number of halogens is 1. The van der Waals surface area contributed by atoms with Crippen LogP contribution in [0, 0.1) is 10.6 Å². The number of nitrogens with zero attached hydrogens (tertiary/aromatic N) is 3. The van der Waals surface area contributed by atoms with Gasteiger partial charge in [0.1, 0.15) is 3.70 Å². The predicted octanol–water partition coefficient (Wildman–Crippen LogP) is 3.87. The average molecular weight is 357 g/mol. The molecule has 3 nitrogen and oxygen atoms in total. The van der Waals surface area contributed by atoms with Crippen LogP contribution in [-0.2, 0) is 0 Å². The van der Waals surface area contributed by atoms with Crippen molar-refractivity contribution < 1.29 is 0 Å². The molecule has 0 aliphatic carbocycles. The van der Waals surface area contributed by atoms with Crippen LogP contribution >= 0.6 is 22.6 Å². The van der Waals surface area contributed by atoms with Crippen LogP contribution in [0.25, 0.3) is 5.52 Å². The molecule has 0 amide bonds. The van der Waals surface area contributed by atoms with E-state index in [0.29, 0.717) is 0 Å². The van der Waals surface area contributed by atoms with Gasteiger partial charge in [0.2, 0.25) is 0 Å². The van der Waals surface area contributed by atoms with Crippen LogP contribution in [0.15, 0.2) is 18.2 Å². The molecule has 0 radical (unpaired) electrons. The maximum absolute atomic E-state index is 4.67. The van der Waals surface area contributed by atoms with Crippen molar-refractivity contribution in [2.45, 2.75) is 33.6 Å². The summed E-state index contributed by atoms with van der Waals surface area (Å²) in [5.41, 5.74) is 3.65. The lowest BCUT2D eigenvalue weighted by Gasteiger charge is -2.23. The van der Waals surface area contributed by atoms with Crippen molar-refractivity contribution in [3.05, 3.63) is 27.6 Å². The number of anilines is 1. The first-order chi connectivity index (χ1) is 8.69. The molecule has 2 aromatic heterocycles. The lowest BCUT2D eigenvalue weighted by molar-refractivity contribution is 0.745. The highest BCUT2D eigenvalue weighted by Crippen LogP contribution is 2.27. The molecule has 0 N–H and O–H groups in total. The molecule has 0 saturated carbocycles. The van der Waals surface area contributed by atoms with Crippen molar-refractivity contribution >= 4 is 33.8 Å². The number of hydrogen-bond acceptors (Lipinski definition) is 2. The van der Waals surface area contributed by atoms with E-state index in [-0.39, 0.29) is 0 Å². The minimum absolute atomic E-state index is 1.10. The van der Waals surface area contributed by atoms with Crippen LogP contribution in [0.2, 0.25) is 0 Å². The van der Waals surface area contributed by atoms with Gasteiger partial charge in [-0.3, -0.25) is 0 Å². The first-order valence-corrected chi connectivity index (χ1v) is 7.65. The molecule has 98 valence electrons. The zero-order chi connectivity index (χ0) is 13.1. The zero-order valence-electron chi connectivity index (χ0n) is 11.3. The Morgan fingerprint density at radius 1 is 1.22 bits per heavy atom. The predicted molar refractivity (Wildman–Crippen MR) is 85.4 cm³/mol. The van der Waals surface area contributed by atoms with Crippen molar-refractivity contribution in [2.75, 3.05) is 18.0 Å². The van der Waals surface area contributed by atoms with Gasteiger partial charge in [0, 0.05) is 13.1 Å². The Bertz CT molecular complexity index is 527. The zero-order valence-corrected chi connectivity index (χ0v) is 13.4. The number of pyridine rings is 1. The maximum atomic E-state index is 4.67. The number of hydrogen-bond donors (Lipinski definition) is 0. The minimum atomic E-state index is 1.10. The van der Waals surface area contributed by atoms with Gasteiger partial charge in [0.15, 0.2) is 0 Å². The monoisotopic (exact) mass is 357 g/mol. The third-order valence-electron chi connectivity index (χ3n) is 3.06. The highest BCUT2D eigenvalue weighted by atomic mass is 127. The summed E-state index contributed by atoms with van der Waals surface area (Å²) in [5, 5.41) is 4.67. The fraction of sp³-hybridized carbons (Fsp3) is 0.500. The maximum Gasteiger partial charge on any atom is 0.103 e. The molecule has 2 rings (SSSR count). The summed E-state index contributed by atoms with van der Waals surface area (Å²) in [4.78, 5) is 2.47. The van der Waals surface area contributed by atoms with Crippen LogP contribution in [0.4, 0.5) is 5.69 Å². The van der Waals surface area contributed by atoms with Crippen LogP contribution in [-0.4, -0.2) is 22.7 Å². The minimum Gasteiger partial charge on any atom is -0.368 e. The lowest BCUT2D eigenvalue weighted by Crippen LogP contribution is -2.25. The summed E-state index contributed by atoms with van der Waals surface area (Å²) in [6.07, 6.45) is 2.33. The van der Waals surface area contributed by atoms with E-state index in [4.69, 9.17) is 0 Å². The molecule has 0 bridgehead atoms. The molecular formula is C14H20IN3. The van der Waals surface area contributed by atoms with Crippen molar-refractivity contribution in [1.29, 1.82) is 0 Å². The number of fused-ring (bicyclic) bond motifs is 1. The first-order valence-electron chi connectivity index (χ1n) is 6.57. The molecule has 0 atom stereocenters. The van der Waals surface area contributed by atoms with Crippen molar-refractivity contribution in [3.63, 3.8) is 0 Å². The highest BCUT2D eigenvalue weighted by molar-refractivity contribution is 14.1. The van der Waals surface area contributed by atoms with Crippen molar-refractivity contribution in [1.82, 2.24) is 9.61 Å². The summed E-state index contributed by atoms with van der Waals surface area (Å²) in [7, 11) is 0. The molecule has 4 heteroatoms. The van der Waals surface area contributed by atoms with Gasteiger partial charge in [0.05, 0.1) is 16.9 Å². The van der Waals surface area contributed by atoms with Crippen LogP contribution in [0.3, 0.4) is 0 Å². The molecule has 0 spiro atoms. The van der Waals surface area contributed by atoms with Gasteiger partial charge >= 0.3 is 0 Å². The van der Waals surface area contributed by atoms with E-state index in [9.17, 15) is 0 Å². The van der Waals surface area contributed by atoms with Gasteiger partial charge < -0.3 is 4.90 Å². The Hall–Kier alpha value is -0.780. The summed E-state index contributed by atoms with van der Waals surface area (Å²) in [5.74, 6) is 0. The quantitative estimate of drug-likeness (QED) is 0.598. The summed E-state index contributed by atoms with van der Waals surface area (Å²) >= 11 is 2.34. The summed E-state index contributed by atoms with van der Waals surface area (Å²) in [6, 6.07) is 6.36. The van der Waals surface area contributed by atoms with Crippen LogP contribution in [0.5, 0.6) is 0 Å². The van der Waals surface area contributed by atoms with Gasteiger partial charge in [-0.15, -0.1) is 0 Å². The first kappa shape index (κ1) is 13.6. The second-order valence-electron chi connectivity index (χ2n) is 4.57. The Morgan fingerprint density at radius 3 is 2.50 bits per heavy atom. The molecule has 2 heterocycles. The van der Waals surface area contributed by atoms with Crippen molar-refractivity contribution in [3.8, 4) is 0 Å². The molecule has 0 saturated heterocycles. The second kappa shape index (κ2) is 5.91. The molecule has 18 heavy (non-hydrogen) atoms. The average Bonchev–Trinajstić information content (AvgIpc) is 2.67. The largest absolute Gasteiger partial charge is 0.368 e. The molecule has 2 aromatic rings. The molecule has 0 unspecified atom stereocenters. The molecule has 0 aromatic carbocycles. The smallest absolute Gasteiger partial charge is 0.103 e. The van der Waals surface area contributed by atoms with Gasteiger partial charge in [-0.05, 0) is 54.5 Å². The van der Waals surface area contributed by atoms with Gasteiger partial charge in [-0.1, -0.05) is 19.9 Å². The Morgan fingerprint density at radius 2 is 1.89 bits per heavy atom. The standard InChI is InChI=1S/C14H20IN3/c1-4-9-17(10-5-2)14-11(3)16-18-12(14)7-6-8-13(18)15/h6-8H,4-5,9-10H2,1-3H3. The normalized spacial score (nSPS) is 11.1. The fourth-order valence-corrected chi connectivity index (χ4v) is 2.98. The Labute approximate surface area is 122 Å². The van der Waals surface area contributed by atoms with E-state index in [1.807, 2.05) is 4.52 Å². The van der Waals surface area contributed by atoms with Gasteiger partial charge in [-0.25, -0.2) is 4.52 Å². The number of aryl methyl sites for hydroxylation is 1. The second-order valence-corrected chi connectivity index (χ2v) is 5.67. The Balaban J connectivity index is 2.54. The summed E-state index contributed by atoms with van der Waals surface area (Å²) < 4.78 is 3.20. The third-order valence-corrected chi connectivity index (χ3v) is 3.87. The molecule has 0 aliphatic rings. The fourth-order valence-electron chi connectivity index (χ4n) is 2.40. The third kappa shape index (κ3) is 2.48. The topological polar surface area (TPSA) is 20.5 Å². The van der Waals surface area contributed by atoms with Crippen molar-refractivity contribution in [2.24, 2.45) is 0 Å². The Kier molecular flexibility index (Phi) is 4.48. The van der Waals surface area contributed by atoms with Gasteiger partial charge in [0.25, 0.3) is 0 Å². The summed E-state index contributed by atoms with van der Waals surface area (Å²) in [6.45, 7) is 8.76. The molecular weight excluding hydrogens is 337 g/mol. The van der Waals surface area contributed by atoms with E-state index in [1.54, 1.807) is 0 Å². The van der Waals surface area contributed by atoms with E-state index in [2.05, 4.69) is 71.6 Å². The van der Waals surface area contributed by atoms with Crippen LogP contribution < -0.4 is 4.90 Å². The SMILES string of the molecule is CCCN(CCC)c1c(C)nn2c(I)cccc12. The van der Waals surface area contributed by atoms with Crippen LogP contribution in [0.1, 0.15) is 32.4 Å².